The Labute approximate surface area is 124 Å². The van der Waals surface area contributed by atoms with E-state index in [0.717, 1.165) is 6.42 Å². The standard InChI is InChI=1S/C19H27N/c1-7-10-11-19(15(4)5)17-12-13-18(9-3)20(14-17)16(6)8-2/h8-14H,7H2,1-6H3/b11-10-,16-8-,18-9-. The largest absolute Gasteiger partial charge is 0.321 e. The molecule has 1 aliphatic rings. The first-order chi connectivity index (χ1) is 9.54. The van der Waals surface area contributed by atoms with Gasteiger partial charge >= 0.3 is 0 Å². The van der Waals surface area contributed by atoms with E-state index in [9.17, 15) is 0 Å². The molecule has 0 aromatic rings. The van der Waals surface area contributed by atoms with Gasteiger partial charge in [0.15, 0.2) is 0 Å². The van der Waals surface area contributed by atoms with Gasteiger partial charge in [0.2, 0.25) is 0 Å². The van der Waals surface area contributed by atoms with E-state index in [0.29, 0.717) is 0 Å². The summed E-state index contributed by atoms with van der Waals surface area (Å²) >= 11 is 0. The minimum absolute atomic E-state index is 1.06. The molecule has 0 N–H and O–H groups in total. The van der Waals surface area contributed by atoms with Crippen LogP contribution in [0.3, 0.4) is 0 Å². The van der Waals surface area contributed by atoms with Crippen LogP contribution in [0, 0.1) is 0 Å². The molecule has 0 unspecified atom stereocenters. The first-order valence-electron chi connectivity index (χ1n) is 7.37. The number of nitrogens with zero attached hydrogens (tertiary/aromatic N) is 1. The maximum absolute atomic E-state index is 2.25. The molecule has 0 bridgehead atoms. The summed E-state index contributed by atoms with van der Waals surface area (Å²) in [6.07, 6.45) is 16.4. The lowest BCUT2D eigenvalue weighted by molar-refractivity contribution is 0.582. The summed E-state index contributed by atoms with van der Waals surface area (Å²) in [5.74, 6) is 0. The summed E-state index contributed by atoms with van der Waals surface area (Å²) in [5, 5.41) is 0. The van der Waals surface area contributed by atoms with Gasteiger partial charge in [-0.15, -0.1) is 0 Å². The van der Waals surface area contributed by atoms with Crippen molar-refractivity contribution in [2.24, 2.45) is 0 Å². The van der Waals surface area contributed by atoms with Crippen LogP contribution in [0.5, 0.6) is 0 Å². The molecular formula is C19H27N. The topological polar surface area (TPSA) is 3.24 Å². The lowest BCUT2D eigenvalue weighted by Crippen LogP contribution is -2.16. The van der Waals surface area contributed by atoms with Crippen molar-refractivity contribution in [3.63, 3.8) is 0 Å². The van der Waals surface area contributed by atoms with Crippen LogP contribution in [0.1, 0.15) is 48.0 Å². The van der Waals surface area contributed by atoms with E-state index in [2.05, 4.69) is 89.1 Å². The first-order valence-corrected chi connectivity index (χ1v) is 7.37. The Bertz CT molecular complexity index is 518. The zero-order valence-electron chi connectivity index (χ0n) is 13.7. The summed E-state index contributed by atoms with van der Waals surface area (Å²) in [7, 11) is 0. The highest BCUT2D eigenvalue weighted by Gasteiger charge is 2.13. The van der Waals surface area contributed by atoms with Crippen LogP contribution in [0.4, 0.5) is 0 Å². The molecule has 0 aromatic carbocycles. The average Bonchev–Trinajstić information content (AvgIpc) is 2.46. The lowest BCUT2D eigenvalue weighted by atomic mass is 9.98. The molecule has 1 heteroatoms. The molecule has 0 radical (unpaired) electrons. The highest BCUT2D eigenvalue weighted by atomic mass is 15.1. The SMILES string of the molecule is C/C=C(/C)N1C=C(C(/C=C\CC)=C(C)C)C=C/C1=C/C. The van der Waals surface area contributed by atoms with Gasteiger partial charge in [-0.05, 0) is 58.3 Å². The van der Waals surface area contributed by atoms with Crippen LogP contribution >= 0.6 is 0 Å². The summed E-state index contributed by atoms with van der Waals surface area (Å²) in [5.41, 5.74) is 6.38. The minimum Gasteiger partial charge on any atom is -0.321 e. The van der Waals surface area contributed by atoms with E-state index in [4.69, 9.17) is 0 Å². The van der Waals surface area contributed by atoms with Crippen LogP contribution < -0.4 is 0 Å². The van der Waals surface area contributed by atoms with E-state index >= 15 is 0 Å². The number of hydrogen-bond acceptors (Lipinski definition) is 1. The highest BCUT2D eigenvalue weighted by molar-refractivity contribution is 5.52. The zero-order valence-corrected chi connectivity index (χ0v) is 13.7. The van der Waals surface area contributed by atoms with E-state index < -0.39 is 0 Å². The Morgan fingerprint density at radius 3 is 2.35 bits per heavy atom. The van der Waals surface area contributed by atoms with Crippen molar-refractivity contribution < 1.29 is 0 Å². The predicted octanol–water partition coefficient (Wildman–Crippen LogP) is 5.87. The summed E-state index contributed by atoms with van der Waals surface area (Å²) in [4.78, 5) is 2.25. The molecule has 0 saturated carbocycles. The van der Waals surface area contributed by atoms with Crippen molar-refractivity contribution in [3.05, 3.63) is 70.8 Å². The molecule has 0 spiro atoms. The van der Waals surface area contributed by atoms with E-state index in [-0.39, 0.29) is 0 Å². The van der Waals surface area contributed by atoms with Gasteiger partial charge in [-0.25, -0.2) is 0 Å². The third-order valence-electron chi connectivity index (χ3n) is 3.44. The molecule has 1 rings (SSSR count). The van der Waals surface area contributed by atoms with Crippen molar-refractivity contribution in [1.29, 1.82) is 0 Å². The van der Waals surface area contributed by atoms with Crippen molar-refractivity contribution in [2.75, 3.05) is 0 Å². The molecule has 0 saturated heterocycles. The molecule has 1 heterocycles. The Balaban J connectivity index is 3.25. The summed E-state index contributed by atoms with van der Waals surface area (Å²) in [6.45, 7) is 12.8. The van der Waals surface area contributed by atoms with Crippen molar-refractivity contribution in [3.8, 4) is 0 Å². The fourth-order valence-corrected chi connectivity index (χ4v) is 2.14. The second kappa shape index (κ2) is 7.74. The Kier molecular flexibility index (Phi) is 6.30. The van der Waals surface area contributed by atoms with E-state index in [1.807, 2.05) is 0 Å². The van der Waals surface area contributed by atoms with Gasteiger partial charge in [0.25, 0.3) is 0 Å². The normalized spacial score (nSPS) is 17.9. The second-order valence-corrected chi connectivity index (χ2v) is 5.16. The number of allylic oxidation sites excluding steroid dienone is 10. The third-order valence-corrected chi connectivity index (χ3v) is 3.44. The van der Waals surface area contributed by atoms with Gasteiger partial charge in [0.05, 0.1) is 0 Å². The second-order valence-electron chi connectivity index (χ2n) is 5.16. The minimum atomic E-state index is 1.06. The Hall–Kier alpha value is -1.76. The predicted molar refractivity (Wildman–Crippen MR) is 90.1 cm³/mol. The van der Waals surface area contributed by atoms with Crippen LogP contribution in [0.25, 0.3) is 0 Å². The molecule has 20 heavy (non-hydrogen) atoms. The van der Waals surface area contributed by atoms with Gasteiger partial charge in [0, 0.05) is 17.6 Å². The Morgan fingerprint density at radius 1 is 1.15 bits per heavy atom. The fourth-order valence-electron chi connectivity index (χ4n) is 2.14. The monoisotopic (exact) mass is 269 g/mol. The third kappa shape index (κ3) is 3.86. The van der Waals surface area contributed by atoms with Crippen molar-refractivity contribution in [2.45, 2.75) is 48.0 Å². The summed E-state index contributed by atoms with van der Waals surface area (Å²) in [6, 6.07) is 0. The smallest absolute Gasteiger partial charge is 0.0409 e. The molecule has 0 aromatic heterocycles. The molecule has 1 aliphatic heterocycles. The lowest BCUT2D eigenvalue weighted by Gasteiger charge is -2.27. The Morgan fingerprint density at radius 2 is 1.85 bits per heavy atom. The summed E-state index contributed by atoms with van der Waals surface area (Å²) < 4.78 is 0. The maximum Gasteiger partial charge on any atom is 0.0409 e. The highest BCUT2D eigenvalue weighted by Crippen LogP contribution is 2.27. The van der Waals surface area contributed by atoms with Crippen molar-refractivity contribution >= 4 is 0 Å². The van der Waals surface area contributed by atoms with Gasteiger partial charge < -0.3 is 4.90 Å². The van der Waals surface area contributed by atoms with Gasteiger partial charge in [-0.3, -0.25) is 0 Å². The molecule has 0 atom stereocenters. The quantitative estimate of drug-likeness (QED) is 0.577. The molecule has 108 valence electrons. The van der Waals surface area contributed by atoms with Crippen LogP contribution in [-0.2, 0) is 0 Å². The number of rotatable bonds is 4. The van der Waals surface area contributed by atoms with Crippen LogP contribution in [0.15, 0.2) is 70.8 Å². The maximum atomic E-state index is 2.25. The molecule has 0 fully saturated rings. The molecule has 1 nitrogen and oxygen atoms in total. The molecule has 0 aliphatic carbocycles. The number of hydrogen-bond donors (Lipinski definition) is 0. The first kappa shape index (κ1) is 16.3. The van der Waals surface area contributed by atoms with Crippen LogP contribution in [0.2, 0.25) is 0 Å². The average molecular weight is 269 g/mol. The van der Waals surface area contributed by atoms with Gasteiger partial charge in [0.1, 0.15) is 0 Å². The van der Waals surface area contributed by atoms with Gasteiger partial charge in [-0.2, -0.15) is 0 Å². The van der Waals surface area contributed by atoms with E-state index in [1.165, 1.54) is 28.1 Å². The zero-order chi connectivity index (χ0) is 15.1. The van der Waals surface area contributed by atoms with Crippen LogP contribution in [-0.4, -0.2) is 4.90 Å². The van der Waals surface area contributed by atoms with Crippen molar-refractivity contribution in [1.82, 2.24) is 4.90 Å². The fraction of sp³-hybridized carbons (Fsp3) is 0.368. The molecule has 0 amide bonds. The molecular weight excluding hydrogens is 242 g/mol. The van der Waals surface area contributed by atoms with Gasteiger partial charge in [-0.1, -0.05) is 42.9 Å². The van der Waals surface area contributed by atoms with E-state index in [1.54, 1.807) is 0 Å².